The molecule has 2 aromatic rings. The lowest BCUT2D eigenvalue weighted by atomic mass is 10.1. The highest BCUT2D eigenvalue weighted by Gasteiger charge is 2.21. The molecule has 7 heteroatoms. The summed E-state index contributed by atoms with van der Waals surface area (Å²) in [5.74, 6) is 0.396. The Labute approximate surface area is 154 Å². The van der Waals surface area contributed by atoms with Gasteiger partial charge in [0, 0.05) is 24.3 Å². The number of para-hydroxylation sites is 1. The molecule has 0 unspecified atom stereocenters. The molecule has 26 heavy (non-hydrogen) atoms. The van der Waals surface area contributed by atoms with Crippen LogP contribution in [0.5, 0.6) is 5.75 Å². The van der Waals surface area contributed by atoms with Crippen LogP contribution in [-0.4, -0.2) is 38.8 Å². The molecule has 0 spiro atoms. The molecule has 0 aliphatic rings. The van der Waals surface area contributed by atoms with E-state index in [1.165, 1.54) is 16.4 Å². The third-order valence-corrected chi connectivity index (χ3v) is 6.05. The zero-order chi connectivity index (χ0) is 19.2. The quantitative estimate of drug-likeness (QED) is 0.769. The van der Waals surface area contributed by atoms with Crippen LogP contribution < -0.4 is 10.1 Å². The van der Waals surface area contributed by atoms with Crippen LogP contribution in [0.2, 0.25) is 0 Å². The first-order valence-electron chi connectivity index (χ1n) is 8.44. The van der Waals surface area contributed by atoms with Crippen molar-refractivity contribution in [1.82, 2.24) is 4.31 Å². The molecule has 1 N–H and O–H groups in total. The van der Waals surface area contributed by atoms with Crippen molar-refractivity contribution in [1.29, 1.82) is 0 Å². The standard InChI is InChI=1S/C19H24N2O4S/c1-4-21(5-2)26(23,24)17-11-8-10-16(14-17)20-19(22)13-15-9-6-7-12-18(15)25-3/h6-12,14H,4-5,13H2,1-3H3,(H,20,22). The Morgan fingerprint density at radius 3 is 2.42 bits per heavy atom. The predicted molar refractivity (Wildman–Crippen MR) is 102 cm³/mol. The number of ether oxygens (including phenoxy) is 1. The van der Waals surface area contributed by atoms with E-state index in [1.54, 1.807) is 39.2 Å². The van der Waals surface area contributed by atoms with Crippen molar-refractivity contribution < 1.29 is 17.9 Å². The van der Waals surface area contributed by atoms with Gasteiger partial charge in [0.1, 0.15) is 5.75 Å². The fourth-order valence-corrected chi connectivity index (χ4v) is 4.18. The van der Waals surface area contributed by atoms with Crippen molar-refractivity contribution in [2.75, 3.05) is 25.5 Å². The van der Waals surface area contributed by atoms with Gasteiger partial charge in [-0.1, -0.05) is 38.1 Å². The first kappa shape index (κ1) is 19.9. The van der Waals surface area contributed by atoms with Crippen LogP contribution in [0.1, 0.15) is 19.4 Å². The average molecular weight is 376 g/mol. The number of carbonyl (C=O) groups is 1. The highest BCUT2D eigenvalue weighted by Crippen LogP contribution is 2.21. The smallest absolute Gasteiger partial charge is 0.243 e. The molecule has 0 radical (unpaired) electrons. The van der Waals surface area contributed by atoms with Crippen LogP contribution in [-0.2, 0) is 21.2 Å². The minimum Gasteiger partial charge on any atom is -0.496 e. The van der Waals surface area contributed by atoms with Crippen LogP contribution >= 0.6 is 0 Å². The van der Waals surface area contributed by atoms with E-state index in [1.807, 2.05) is 18.2 Å². The molecule has 0 aliphatic heterocycles. The second-order valence-electron chi connectivity index (χ2n) is 5.65. The Bertz CT molecular complexity index is 861. The Balaban J connectivity index is 2.17. The number of benzene rings is 2. The summed E-state index contributed by atoms with van der Waals surface area (Å²) in [5.41, 5.74) is 1.21. The fourth-order valence-electron chi connectivity index (χ4n) is 2.67. The Kier molecular flexibility index (Phi) is 6.76. The molecule has 0 saturated heterocycles. The zero-order valence-electron chi connectivity index (χ0n) is 15.2. The number of nitrogens with zero attached hydrogens (tertiary/aromatic N) is 1. The Hall–Kier alpha value is -2.38. The number of hydrogen-bond donors (Lipinski definition) is 1. The molecule has 0 atom stereocenters. The van der Waals surface area contributed by atoms with Crippen LogP contribution in [0, 0.1) is 0 Å². The number of sulfonamides is 1. The van der Waals surface area contributed by atoms with Gasteiger partial charge >= 0.3 is 0 Å². The van der Waals surface area contributed by atoms with Crippen LogP contribution in [0.3, 0.4) is 0 Å². The maximum atomic E-state index is 12.6. The normalized spacial score (nSPS) is 11.4. The fraction of sp³-hybridized carbons (Fsp3) is 0.316. The van der Waals surface area contributed by atoms with Gasteiger partial charge in [-0.2, -0.15) is 4.31 Å². The van der Waals surface area contributed by atoms with Gasteiger partial charge in [0.15, 0.2) is 0 Å². The van der Waals surface area contributed by atoms with Crippen molar-refractivity contribution in [2.24, 2.45) is 0 Å². The first-order valence-corrected chi connectivity index (χ1v) is 9.88. The van der Waals surface area contributed by atoms with Gasteiger partial charge in [0.05, 0.1) is 18.4 Å². The molecule has 140 valence electrons. The number of nitrogens with one attached hydrogen (secondary N) is 1. The summed E-state index contributed by atoms with van der Waals surface area (Å²) >= 11 is 0. The predicted octanol–water partition coefficient (Wildman–Crippen LogP) is 2.91. The summed E-state index contributed by atoms with van der Waals surface area (Å²) in [5, 5.41) is 2.75. The van der Waals surface area contributed by atoms with Gasteiger partial charge in [0.25, 0.3) is 0 Å². The highest BCUT2D eigenvalue weighted by molar-refractivity contribution is 7.89. The van der Waals surface area contributed by atoms with Gasteiger partial charge in [-0.05, 0) is 24.3 Å². The minimum absolute atomic E-state index is 0.136. The lowest BCUT2D eigenvalue weighted by Gasteiger charge is -2.19. The van der Waals surface area contributed by atoms with E-state index in [4.69, 9.17) is 4.74 Å². The van der Waals surface area contributed by atoms with E-state index < -0.39 is 10.0 Å². The molecule has 2 rings (SSSR count). The zero-order valence-corrected chi connectivity index (χ0v) is 16.0. The molecular formula is C19H24N2O4S. The molecule has 0 fully saturated rings. The van der Waals surface area contributed by atoms with Crippen LogP contribution in [0.15, 0.2) is 53.4 Å². The summed E-state index contributed by atoms with van der Waals surface area (Å²) in [6.45, 7) is 4.37. The third kappa shape index (κ3) is 4.62. The SMILES string of the molecule is CCN(CC)S(=O)(=O)c1cccc(NC(=O)Cc2ccccc2OC)c1. The highest BCUT2D eigenvalue weighted by atomic mass is 32.2. The minimum atomic E-state index is -3.57. The molecular weight excluding hydrogens is 352 g/mol. The van der Waals surface area contributed by atoms with Crippen molar-refractivity contribution in [3.8, 4) is 5.75 Å². The molecule has 0 aliphatic carbocycles. The summed E-state index contributed by atoms with van der Waals surface area (Å²) < 4.78 is 31.8. The number of anilines is 1. The second kappa shape index (κ2) is 8.82. The number of methoxy groups -OCH3 is 1. The van der Waals surface area contributed by atoms with Crippen molar-refractivity contribution in [2.45, 2.75) is 25.2 Å². The van der Waals surface area contributed by atoms with Crippen molar-refractivity contribution in [3.05, 3.63) is 54.1 Å². The molecule has 1 amide bonds. The largest absolute Gasteiger partial charge is 0.496 e. The van der Waals surface area contributed by atoms with E-state index >= 15 is 0 Å². The van der Waals surface area contributed by atoms with Gasteiger partial charge in [-0.15, -0.1) is 0 Å². The van der Waals surface area contributed by atoms with E-state index in [0.717, 1.165) is 5.56 Å². The van der Waals surface area contributed by atoms with E-state index in [2.05, 4.69) is 5.32 Å². The van der Waals surface area contributed by atoms with Crippen molar-refractivity contribution in [3.63, 3.8) is 0 Å². The topological polar surface area (TPSA) is 75.7 Å². The Morgan fingerprint density at radius 2 is 1.77 bits per heavy atom. The van der Waals surface area contributed by atoms with E-state index in [0.29, 0.717) is 24.5 Å². The lowest BCUT2D eigenvalue weighted by Crippen LogP contribution is -2.30. The van der Waals surface area contributed by atoms with Crippen LogP contribution in [0.25, 0.3) is 0 Å². The first-order chi connectivity index (χ1) is 12.4. The maximum absolute atomic E-state index is 12.6. The molecule has 6 nitrogen and oxygen atoms in total. The van der Waals surface area contributed by atoms with Crippen LogP contribution in [0.4, 0.5) is 5.69 Å². The number of amides is 1. The van der Waals surface area contributed by atoms with E-state index in [9.17, 15) is 13.2 Å². The summed E-state index contributed by atoms with van der Waals surface area (Å²) in [7, 11) is -2.01. The average Bonchev–Trinajstić information content (AvgIpc) is 2.63. The molecule has 0 bridgehead atoms. The van der Waals surface area contributed by atoms with Gasteiger partial charge in [0.2, 0.25) is 15.9 Å². The van der Waals surface area contributed by atoms with Gasteiger partial charge in [-0.3, -0.25) is 4.79 Å². The number of carbonyl (C=O) groups excluding carboxylic acids is 1. The van der Waals surface area contributed by atoms with Gasteiger partial charge in [-0.25, -0.2) is 8.42 Å². The monoisotopic (exact) mass is 376 g/mol. The maximum Gasteiger partial charge on any atom is 0.243 e. The second-order valence-corrected chi connectivity index (χ2v) is 7.59. The molecule has 0 saturated carbocycles. The van der Waals surface area contributed by atoms with Gasteiger partial charge < -0.3 is 10.1 Å². The summed E-state index contributed by atoms with van der Waals surface area (Å²) in [6.07, 6.45) is 0.136. The Morgan fingerprint density at radius 1 is 1.08 bits per heavy atom. The molecule has 0 heterocycles. The molecule has 0 aromatic heterocycles. The number of hydrogen-bond acceptors (Lipinski definition) is 4. The molecule has 2 aromatic carbocycles. The summed E-state index contributed by atoms with van der Waals surface area (Å²) in [6, 6.07) is 13.6. The number of rotatable bonds is 8. The summed E-state index contributed by atoms with van der Waals surface area (Å²) in [4.78, 5) is 12.5. The third-order valence-electron chi connectivity index (χ3n) is 4.00. The van der Waals surface area contributed by atoms with E-state index in [-0.39, 0.29) is 17.2 Å². The van der Waals surface area contributed by atoms with Crippen molar-refractivity contribution >= 4 is 21.6 Å². The lowest BCUT2D eigenvalue weighted by molar-refractivity contribution is -0.115.